The van der Waals surface area contributed by atoms with E-state index < -0.39 is 0 Å². The van der Waals surface area contributed by atoms with E-state index in [1.807, 2.05) is 54.6 Å². The summed E-state index contributed by atoms with van der Waals surface area (Å²) in [6.07, 6.45) is 1.91. The van der Waals surface area contributed by atoms with Gasteiger partial charge in [0.25, 0.3) is 5.56 Å². The largest absolute Gasteiger partial charge is 0.311 e. The van der Waals surface area contributed by atoms with E-state index in [1.54, 1.807) is 11.8 Å². The first-order valence-corrected chi connectivity index (χ1v) is 10.9. The zero-order chi connectivity index (χ0) is 20.7. The number of carbonyl (C=O) groups is 1. The lowest BCUT2D eigenvalue weighted by molar-refractivity contribution is -0.119. The number of rotatable bonds is 3. The van der Waals surface area contributed by atoms with Crippen LogP contribution in [0.3, 0.4) is 0 Å². The highest BCUT2D eigenvalue weighted by Crippen LogP contribution is 2.31. The number of thiophene rings is 1. The van der Waals surface area contributed by atoms with Crippen molar-refractivity contribution >= 4 is 33.1 Å². The van der Waals surface area contributed by atoms with Crippen molar-refractivity contribution in [3.63, 3.8) is 0 Å². The number of anilines is 1. The van der Waals surface area contributed by atoms with Gasteiger partial charge in [0, 0.05) is 17.1 Å². The van der Waals surface area contributed by atoms with Crippen molar-refractivity contribution in [2.75, 3.05) is 11.4 Å². The summed E-state index contributed by atoms with van der Waals surface area (Å²) < 4.78 is 1.50. The van der Waals surface area contributed by atoms with Crippen molar-refractivity contribution in [3.8, 4) is 10.4 Å². The summed E-state index contributed by atoms with van der Waals surface area (Å²) in [5.41, 5.74) is 3.04. The Balaban J connectivity index is 1.51. The Hall–Kier alpha value is -3.25. The maximum absolute atomic E-state index is 13.2. The van der Waals surface area contributed by atoms with Crippen LogP contribution in [0.4, 0.5) is 5.69 Å². The number of para-hydroxylation sites is 1. The van der Waals surface area contributed by atoms with Gasteiger partial charge in [-0.1, -0.05) is 48.5 Å². The second-order valence-corrected chi connectivity index (χ2v) is 8.55. The molecule has 6 heteroatoms. The van der Waals surface area contributed by atoms with Gasteiger partial charge in [-0.3, -0.25) is 14.2 Å². The fourth-order valence-electron chi connectivity index (χ4n) is 4.06. The average Bonchev–Trinajstić information content (AvgIpc) is 3.21. The van der Waals surface area contributed by atoms with E-state index in [2.05, 4.69) is 11.1 Å². The van der Waals surface area contributed by atoms with E-state index in [0.29, 0.717) is 22.6 Å². The van der Waals surface area contributed by atoms with Crippen molar-refractivity contribution < 1.29 is 4.79 Å². The molecule has 0 saturated heterocycles. The molecule has 0 bridgehead atoms. The monoisotopic (exact) mass is 415 g/mol. The van der Waals surface area contributed by atoms with Crippen LogP contribution in [0, 0.1) is 6.92 Å². The zero-order valence-corrected chi connectivity index (χ0v) is 17.5. The summed E-state index contributed by atoms with van der Waals surface area (Å²) in [5, 5.41) is 0.566. The minimum absolute atomic E-state index is 0.00153. The van der Waals surface area contributed by atoms with E-state index in [-0.39, 0.29) is 18.0 Å². The smallest absolute Gasteiger partial charge is 0.262 e. The molecule has 5 nitrogen and oxygen atoms in total. The zero-order valence-electron chi connectivity index (χ0n) is 16.7. The molecule has 0 saturated carbocycles. The van der Waals surface area contributed by atoms with Gasteiger partial charge in [0.1, 0.15) is 17.2 Å². The molecule has 0 spiro atoms. The number of fused-ring (bicyclic) bond motifs is 2. The van der Waals surface area contributed by atoms with Crippen LogP contribution in [0.1, 0.15) is 17.8 Å². The molecule has 0 atom stereocenters. The van der Waals surface area contributed by atoms with Crippen LogP contribution in [-0.2, 0) is 17.8 Å². The minimum atomic E-state index is -0.158. The van der Waals surface area contributed by atoms with E-state index in [1.165, 1.54) is 21.5 Å². The van der Waals surface area contributed by atoms with Crippen molar-refractivity contribution in [1.29, 1.82) is 0 Å². The fourth-order valence-corrected chi connectivity index (χ4v) is 5.13. The second kappa shape index (κ2) is 7.54. The van der Waals surface area contributed by atoms with Gasteiger partial charge in [0.15, 0.2) is 0 Å². The summed E-state index contributed by atoms with van der Waals surface area (Å²) in [5.74, 6) is 0.486. The number of aromatic nitrogens is 2. The molecule has 3 heterocycles. The first kappa shape index (κ1) is 18.8. The molecule has 1 aliphatic rings. The summed E-state index contributed by atoms with van der Waals surface area (Å²) >= 11 is 1.51. The number of aryl methyl sites for hydroxylation is 2. The fraction of sp³-hybridized carbons (Fsp3) is 0.208. The summed E-state index contributed by atoms with van der Waals surface area (Å²) in [7, 11) is 0. The third-order valence-electron chi connectivity index (χ3n) is 5.60. The summed E-state index contributed by atoms with van der Waals surface area (Å²) in [4.78, 5) is 34.5. The van der Waals surface area contributed by atoms with Crippen molar-refractivity contribution in [1.82, 2.24) is 9.55 Å². The SMILES string of the molecule is Cc1nc2sc(-c3ccccc3)cc2c(=O)n1CC(=O)N1CCCc2ccccc21. The normalized spacial score (nSPS) is 13.4. The molecule has 4 aromatic rings. The topological polar surface area (TPSA) is 55.2 Å². The first-order valence-electron chi connectivity index (χ1n) is 10.1. The Morgan fingerprint density at radius 2 is 1.87 bits per heavy atom. The standard InChI is InChI=1S/C24H21N3O2S/c1-16-25-23-19(14-21(30-23)18-9-3-2-4-10-18)24(29)27(16)15-22(28)26-13-7-11-17-8-5-6-12-20(17)26/h2-6,8-10,12,14H,7,11,13,15H2,1H3. The molecule has 2 aromatic heterocycles. The van der Waals surface area contributed by atoms with Gasteiger partial charge in [-0.2, -0.15) is 0 Å². The van der Waals surface area contributed by atoms with Crippen molar-refractivity contribution in [2.24, 2.45) is 0 Å². The predicted molar refractivity (Wildman–Crippen MR) is 121 cm³/mol. The number of benzene rings is 2. The molecule has 0 unspecified atom stereocenters. The number of carbonyl (C=O) groups excluding carboxylic acids is 1. The molecule has 0 N–H and O–H groups in total. The van der Waals surface area contributed by atoms with Crippen LogP contribution in [0.25, 0.3) is 20.7 Å². The first-order chi connectivity index (χ1) is 14.6. The van der Waals surface area contributed by atoms with Gasteiger partial charge in [-0.25, -0.2) is 4.98 Å². The number of hydrogen-bond acceptors (Lipinski definition) is 4. The maximum atomic E-state index is 13.2. The molecule has 0 fully saturated rings. The second-order valence-electron chi connectivity index (χ2n) is 7.52. The molecule has 150 valence electrons. The number of nitrogens with zero attached hydrogens (tertiary/aromatic N) is 3. The van der Waals surface area contributed by atoms with Crippen molar-refractivity contribution in [2.45, 2.75) is 26.3 Å². The Labute approximate surface area is 178 Å². The lowest BCUT2D eigenvalue weighted by Crippen LogP contribution is -2.40. The number of hydrogen-bond donors (Lipinski definition) is 0. The Bertz CT molecular complexity index is 1310. The molecule has 1 amide bonds. The molecular formula is C24H21N3O2S. The predicted octanol–water partition coefficient (Wildman–Crippen LogP) is 4.41. The highest BCUT2D eigenvalue weighted by atomic mass is 32.1. The van der Waals surface area contributed by atoms with E-state index >= 15 is 0 Å². The van der Waals surface area contributed by atoms with Gasteiger partial charge in [-0.05, 0) is 43.0 Å². The van der Waals surface area contributed by atoms with Gasteiger partial charge in [-0.15, -0.1) is 11.3 Å². The van der Waals surface area contributed by atoms with E-state index in [0.717, 1.165) is 29.0 Å². The third-order valence-corrected chi connectivity index (χ3v) is 6.68. The molecule has 0 radical (unpaired) electrons. The lowest BCUT2D eigenvalue weighted by atomic mass is 10.0. The Kier molecular flexibility index (Phi) is 4.71. The van der Waals surface area contributed by atoms with Crippen LogP contribution in [0.2, 0.25) is 0 Å². The average molecular weight is 416 g/mol. The highest BCUT2D eigenvalue weighted by Gasteiger charge is 2.23. The summed E-state index contributed by atoms with van der Waals surface area (Å²) in [6.45, 7) is 2.47. The summed E-state index contributed by atoms with van der Waals surface area (Å²) in [6, 6.07) is 19.9. The Morgan fingerprint density at radius 1 is 1.10 bits per heavy atom. The lowest BCUT2D eigenvalue weighted by Gasteiger charge is -2.29. The highest BCUT2D eigenvalue weighted by molar-refractivity contribution is 7.21. The molecule has 0 aliphatic carbocycles. The van der Waals surface area contributed by atoms with Gasteiger partial charge in [0.2, 0.25) is 5.91 Å². The van der Waals surface area contributed by atoms with Gasteiger partial charge >= 0.3 is 0 Å². The van der Waals surface area contributed by atoms with E-state index in [4.69, 9.17) is 0 Å². The van der Waals surface area contributed by atoms with Crippen LogP contribution < -0.4 is 10.5 Å². The van der Waals surface area contributed by atoms with Crippen molar-refractivity contribution in [3.05, 3.63) is 82.4 Å². The van der Waals surface area contributed by atoms with Crippen LogP contribution in [-0.4, -0.2) is 22.0 Å². The molecule has 1 aliphatic heterocycles. The third kappa shape index (κ3) is 3.23. The molecule has 5 rings (SSSR count). The quantitative estimate of drug-likeness (QED) is 0.498. The Morgan fingerprint density at radius 3 is 2.70 bits per heavy atom. The molecule has 30 heavy (non-hydrogen) atoms. The minimum Gasteiger partial charge on any atom is -0.311 e. The molecule has 2 aromatic carbocycles. The maximum Gasteiger partial charge on any atom is 0.262 e. The van der Waals surface area contributed by atoms with Gasteiger partial charge < -0.3 is 4.90 Å². The van der Waals surface area contributed by atoms with Crippen LogP contribution in [0.5, 0.6) is 0 Å². The van der Waals surface area contributed by atoms with Crippen LogP contribution in [0.15, 0.2) is 65.5 Å². The van der Waals surface area contributed by atoms with Gasteiger partial charge in [0.05, 0.1) is 5.39 Å². The molecular weight excluding hydrogens is 394 g/mol. The van der Waals surface area contributed by atoms with E-state index in [9.17, 15) is 9.59 Å². The van der Waals surface area contributed by atoms with Crippen LogP contribution >= 0.6 is 11.3 Å². The number of amides is 1.